The average Bonchev–Trinajstić information content (AvgIpc) is 2.81. The minimum atomic E-state index is -0.954. The van der Waals surface area contributed by atoms with Crippen LogP contribution in [0.15, 0.2) is 42.5 Å². The molecule has 0 atom stereocenters. The number of hydrogen-bond acceptors (Lipinski definition) is 4. The summed E-state index contributed by atoms with van der Waals surface area (Å²) < 4.78 is 6.27. The first-order valence-corrected chi connectivity index (χ1v) is 11.9. The number of rotatable bonds is 7. The van der Waals surface area contributed by atoms with Crippen LogP contribution in [0, 0.1) is 20.8 Å². The quantitative estimate of drug-likeness (QED) is 0.605. The molecule has 1 fully saturated rings. The molecule has 1 saturated heterocycles. The van der Waals surface area contributed by atoms with Crippen molar-refractivity contribution in [3.05, 3.63) is 64.7 Å². The van der Waals surface area contributed by atoms with E-state index in [1.807, 2.05) is 58.7 Å². The Morgan fingerprint density at radius 2 is 1.79 bits per heavy atom. The molecule has 2 aromatic rings. The predicted molar refractivity (Wildman–Crippen MR) is 137 cm³/mol. The third-order valence-electron chi connectivity index (χ3n) is 6.89. The maximum Gasteiger partial charge on any atom is 0.266 e. The van der Waals surface area contributed by atoms with Crippen LogP contribution in [0.2, 0.25) is 0 Å². The number of benzene rings is 2. The second kappa shape index (κ2) is 10.4. The third kappa shape index (κ3) is 5.97. The van der Waals surface area contributed by atoms with Crippen molar-refractivity contribution in [3.8, 4) is 5.75 Å². The van der Waals surface area contributed by atoms with E-state index in [-0.39, 0.29) is 11.9 Å². The van der Waals surface area contributed by atoms with E-state index in [1.54, 1.807) is 0 Å². The van der Waals surface area contributed by atoms with E-state index >= 15 is 0 Å². The van der Waals surface area contributed by atoms with Gasteiger partial charge in [-0.05, 0) is 75.8 Å². The number of hydrogen-bond donors (Lipinski definition) is 1. The van der Waals surface area contributed by atoms with Gasteiger partial charge in [0.15, 0.2) is 5.60 Å². The van der Waals surface area contributed by atoms with Crippen molar-refractivity contribution in [1.82, 2.24) is 9.80 Å². The number of carbonyl (C=O) groups excluding carboxylic acids is 1. The highest BCUT2D eigenvalue weighted by molar-refractivity contribution is 5.85. The maximum atomic E-state index is 13.4. The van der Waals surface area contributed by atoms with Crippen molar-refractivity contribution in [2.75, 3.05) is 32.4 Å². The van der Waals surface area contributed by atoms with Gasteiger partial charge in [-0.25, -0.2) is 0 Å². The molecule has 1 heterocycles. The van der Waals surface area contributed by atoms with Gasteiger partial charge in [0, 0.05) is 38.4 Å². The van der Waals surface area contributed by atoms with Gasteiger partial charge in [0.05, 0.1) is 0 Å². The SMILES string of the molecule is Cc1cc(OC(C)(C)C(=O)N(C)C2CCN(C/C=C/c3ccccc3)CC2)c(C)c(C)c1N. The van der Waals surface area contributed by atoms with Crippen LogP contribution in [-0.2, 0) is 4.79 Å². The molecular weight excluding hydrogens is 410 g/mol. The monoisotopic (exact) mass is 449 g/mol. The van der Waals surface area contributed by atoms with Crippen molar-refractivity contribution >= 4 is 17.7 Å². The zero-order valence-electron chi connectivity index (χ0n) is 21.0. The Balaban J connectivity index is 1.56. The minimum Gasteiger partial charge on any atom is -0.478 e. The Hall–Kier alpha value is -2.79. The Morgan fingerprint density at radius 1 is 1.15 bits per heavy atom. The van der Waals surface area contributed by atoms with Crippen molar-refractivity contribution < 1.29 is 9.53 Å². The normalized spacial score (nSPS) is 15.7. The summed E-state index contributed by atoms with van der Waals surface area (Å²) in [7, 11) is 1.91. The van der Waals surface area contributed by atoms with E-state index < -0.39 is 5.60 Å². The zero-order chi connectivity index (χ0) is 24.2. The molecule has 5 heteroatoms. The van der Waals surface area contributed by atoms with E-state index in [4.69, 9.17) is 10.5 Å². The molecule has 3 rings (SSSR count). The number of amides is 1. The summed E-state index contributed by atoms with van der Waals surface area (Å²) >= 11 is 0. The summed E-state index contributed by atoms with van der Waals surface area (Å²) in [6.45, 7) is 12.6. The number of likely N-dealkylation sites (tertiary alicyclic amines) is 1. The standard InChI is InChI=1S/C28H39N3O2/c1-20-19-25(21(2)22(3)26(20)29)33-28(4,5)27(32)30(6)24-14-17-31(18-15-24)16-10-13-23-11-8-7-9-12-23/h7-13,19,24H,14-18,29H2,1-6H3/b13-10+. The molecule has 1 aliphatic rings. The summed E-state index contributed by atoms with van der Waals surface area (Å²) in [6.07, 6.45) is 6.33. The molecule has 0 radical (unpaired) electrons. The molecule has 0 unspecified atom stereocenters. The molecular formula is C28H39N3O2. The van der Waals surface area contributed by atoms with E-state index in [9.17, 15) is 4.79 Å². The lowest BCUT2D eigenvalue weighted by Gasteiger charge is -2.39. The number of nitrogens with zero attached hydrogens (tertiary/aromatic N) is 2. The van der Waals surface area contributed by atoms with Crippen molar-refractivity contribution in [2.24, 2.45) is 0 Å². The van der Waals surface area contributed by atoms with Crippen LogP contribution in [-0.4, -0.2) is 54.0 Å². The van der Waals surface area contributed by atoms with Crippen LogP contribution in [0.3, 0.4) is 0 Å². The summed E-state index contributed by atoms with van der Waals surface area (Å²) in [6, 6.07) is 12.5. The highest BCUT2D eigenvalue weighted by atomic mass is 16.5. The van der Waals surface area contributed by atoms with Crippen molar-refractivity contribution in [1.29, 1.82) is 0 Å². The molecule has 2 aromatic carbocycles. The van der Waals surface area contributed by atoms with Crippen molar-refractivity contribution in [3.63, 3.8) is 0 Å². The molecule has 0 spiro atoms. The molecule has 178 valence electrons. The molecule has 33 heavy (non-hydrogen) atoms. The Labute approximate surface area is 199 Å². The van der Waals surface area contributed by atoms with Crippen LogP contribution in [0.1, 0.15) is 48.9 Å². The second-order valence-electron chi connectivity index (χ2n) is 9.73. The van der Waals surface area contributed by atoms with Crippen LogP contribution < -0.4 is 10.5 Å². The summed E-state index contributed by atoms with van der Waals surface area (Å²) in [5.74, 6) is 0.738. The zero-order valence-corrected chi connectivity index (χ0v) is 21.0. The number of anilines is 1. The van der Waals surface area contributed by atoms with Crippen molar-refractivity contribution in [2.45, 2.75) is 59.1 Å². The molecule has 1 aliphatic heterocycles. The number of carbonyl (C=O) groups is 1. The smallest absolute Gasteiger partial charge is 0.266 e. The predicted octanol–water partition coefficient (Wildman–Crippen LogP) is 4.99. The molecule has 2 N–H and O–H groups in total. The van der Waals surface area contributed by atoms with E-state index in [0.717, 1.165) is 60.6 Å². The first kappa shape index (κ1) is 24.8. The Kier molecular flexibility index (Phi) is 7.85. The largest absolute Gasteiger partial charge is 0.478 e. The van der Waals surface area contributed by atoms with E-state index in [2.05, 4.69) is 41.3 Å². The lowest BCUT2D eigenvalue weighted by molar-refractivity contribution is -0.147. The van der Waals surface area contributed by atoms with Gasteiger partial charge in [0.25, 0.3) is 5.91 Å². The molecule has 1 amide bonds. The summed E-state index contributed by atoms with van der Waals surface area (Å²) in [4.78, 5) is 17.7. The molecule has 0 bridgehead atoms. The molecule has 5 nitrogen and oxygen atoms in total. The Morgan fingerprint density at radius 3 is 2.42 bits per heavy atom. The van der Waals surface area contributed by atoms with Gasteiger partial charge in [0.1, 0.15) is 5.75 Å². The fraction of sp³-hybridized carbons (Fsp3) is 0.464. The number of nitrogen functional groups attached to an aromatic ring is 1. The fourth-order valence-electron chi connectivity index (χ4n) is 4.47. The number of aryl methyl sites for hydroxylation is 1. The van der Waals surface area contributed by atoms with Gasteiger partial charge in [-0.3, -0.25) is 9.69 Å². The van der Waals surface area contributed by atoms with Crippen LogP contribution in [0.4, 0.5) is 5.69 Å². The Bertz CT molecular complexity index is 990. The maximum absolute atomic E-state index is 13.4. The average molecular weight is 450 g/mol. The third-order valence-corrected chi connectivity index (χ3v) is 6.89. The van der Waals surface area contributed by atoms with Crippen LogP contribution in [0.5, 0.6) is 5.75 Å². The minimum absolute atomic E-state index is 0.0106. The van der Waals surface area contributed by atoms with E-state index in [1.165, 1.54) is 5.56 Å². The molecule has 0 aromatic heterocycles. The lowest BCUT2D eigenvalue weighted by atomic mass is 9.99. The number of nitrogens with two attached hydrogens (primary N) is 1. The van der Waals surface area contributed by atoms with Gasteiger partial charge >= 0.3 is 0 Å². The van der Waals surface area contributed by atoms with Gasteiger partial charge in [-0.2, -0.15) is 0 Å². The second-order valence-corrected chi connectivity index (χ2v) is 9.73. The molecule has 0 aliphatic carbocycles. The highest BCUT2D eigenvalue weighted by Gasteiger charge is 2.37. The van der Waals surface area contributed by atoms with E-state index in [0.29, 0.717) is 0 Å². The summed E-state index contributed by atoms with van der Waals surface area (Å²) in [5.41, 5.74) is 10.2. The topological polar surface area (TPSA) is 58.8 Å². The van der Waals surface area contributed by atoms with Gasteiger partial charge in [-0.1, -0.05) is 42.5 Å². The molecule has 0 saturated carbocycles. The van der Waals surface area contributed by atoms with Gasteiger partial charge < -0.3 is 15.4 Å². The van der Waals surface area contributed by atoms with Crippen LogP contribution >= 0.6 is 0 Å². The van der Waals surface area contributed by atoms with Crippen LogP contribution in [0.25, 0.3) is 6.08 Å². The van der Waals surface area contributed by atoms with Gasteiger partial charge in [0.2, 0.25) is 0 Å². The van der Waals surface area contributed by atoms with Gasteiger partial charge in [-0.15, -0.1) is 0 Å². The fourth-order valence-corrected chi connectivity index (χ4v) is 4.47. The highest BCUT2D eigenvalue weighted by Crippen LogP contribution is 2.32. The first-order valence-electron chi connectivity index (χ1n) is 11.9. The summed E-state index contributed by atoms with van der Waals surface area (Å²) in [5, 5.41) is 0. The lowest BCUT2D eigenvalue weighted by Crippen LogP contribution is -2.53. The number of likely N-dealkylation sites (N-methyl/N-ethyl adjacent to an activating group) is 1. The first-order chi connectivity index (χ1) is 15.6. The number of ether oxygens (including phenoxy) is 1. The number of piperidine rings is 1.